The topological polar surface area (TPSA) is 29.5 Å². The first-order valence-corrected chi connectivity index (χ1v) is 6.47. The maximum Gasteiger partial charge on any atom is 0.258 e. The van der Waals surface area contributed by atoms with Crippen molar-refractivity contribution in [3.8, 4) is 5.75 Å². The number of nitrogens with zero attached hydrogens (tertiary/aromatic N) is 1. The predicted octanol–water partition coefficient (Wildman–Crippen LogP) is 3.64. The molecule has 0 fully saturated rings. The van der Waals surface area contributed by atoms with Crippen LogP contribution in [0.5, 0.6) is 5.75 Å². The zero-order valence-electron chi connectivity index (χ0n) is 11.8. The van der Waals surface area contributed by atoms with E-state index >= 15 is 0 Å². The molecule has 0 heterocycles. The van der Waals surface area contributed by atoms with Crippen molar-refractivity contribution in [2.24, 2.45) is 0 Å². The highest BCUT2D eigenvalue weighted by atomic mass is 19.2. The van der Waals surface area contributed by atoms with Gasteiger partial charge in [0, 0.05) is 23.9 Å². The smallest absolute Gasteiger partial charge is 0.258 e. The van der Waals surface area contributed by atoms with Crippen molar-refractivity contribution in [3.05, 3.63) is 59.7 Å². The fourth-order valence-electron chi connectivity index (χ4n) is 2.01. The van der Waals surface area contributed by atoms with E-state index in [1.807, 2.05) is 0 Å². The Labute approximate surface area is 121 Å². The minimum absolute atomic E-state index is 0.303. The van der Waals surface area contributed by atoms with Crippen molar-refractivity contribution < 1.29 is 18.3 Å². The zero-order chi connectivity index (χ0) is 15.4. The number of hydrogen-bond acceptors (Lipinski definition) is 2. The lowest BCUT2D eigenvalue weighted by Gasteiger charge is -2.21. The number of hydrogen-bond donors (Lipinski definition) is 0. The van der Waals surface area contributed by atoms with Crippen molar-refractivity contribution >= 4 is 11.6 Å². The summed E-state index contributed by atoms with van der Waals surface area (Å²) in [7, 11) is 1.51. The van der Waals surface area contributed by atoms with E-state index in [1.165, 1.54) is 18.1 Å². The molecule has 0 radical (unpaired) electrons. The highest BCUT2D eigenvalue weighted by Crippen LogP contribution is 2.21. The molecule has 2 rings (SSSR count). The van der Waals surface area contributed by atoms with E-state index in [2.05, 4.69) is 0 Å². The van der Waals surface area contributed by atoms with Gasteiger partial charge in [-0.2, -0.15) is 0 Å². The van der Waals surface area contributed by atoms with Crippen LogP contribution in [0, 0.1) is 11.6 Å². The summed E-state index contributed by atoms with van der Waals surface area (Å²) in [6.07, 6.45) is 0. The van der Waals surface area contributed by atoms with Gasteiger partial charge in [-0.05, 0) is 37.3 Å². The van der Waals surface area contributed by atoms with Crippen LogP contribution in [0.1, 0.15) is 17.3 Å². The van der Waals surface area contributed by atoms with Crippen LogP contribution in [0.15, 0.2) is 42.5 Å². The molecule has 0 saturated carbocycles. The molecule has 21 heavy (non-hydrogen) atoms. The first kappa shape index (κ1) is 15.0. The number of halogens is 2. The monoisotopic (exact) mass is 291 g/mol. The van der Waals surface area contributed by atoms with Crippen LogP contribution in [0.3, 0.4) is 0 Å². The molecule has 0 aliphatic heterocycles. The summed E-state index contributed by atoms with van der Waals surface area (Å²) in [5, 5.41) is 0. The molecule has 0 spiro atoms. The molecule has 0 atom stereocenters. The van der Waals surface area contributed by atoms with Crippen molar-refractivity contribution in [2.75, 3.05) is 18.6 Å². The van der Waals surface area contributed by atoms with Crippen molar-refractivity contribution in [2.45, 2.75) is 6.92 Å². The van der Waals surface area contributed by atoms with E-state index in [0.717, 1.165) is 12.1 Å². The molecule has 3 nitrogen and oxygen atoms in total. The largest absolute Gasteiger partial charge is 0.497 e. The Morgan fingerprint density at radius 2 is 1.90 bits per heavy atom. The molecule has 0 N–H and O–H groups in total. The normalized spacial score (nSPS) is 10.3. The van der Waals surface area contributed by atoms with Gasteiger partial charge in [-0.15, -0.1) is 0 Å². The van der Waals surface area contributed by atoms with Gasteiger partial charge in [-0.3, -0.25) is 4.79 Å². The van der Waals surface area contributed by atoms with Crippen LogP contribution in [0.4, 0.5) is 14.5 Å². The van der Waals surface area contributed by atoms with Crippen LogP contribution < -0.4 is 9.64 Å². The van der Waals surface area contributed by atoms with Crippen LogP contribution >= 0.6 is 0 Å². The summed E-state index contributed by atoms with van der Waals surface area (Å²) in [5.41, 5.74) is 0.727. The molecule has 0 saturated heterocycles. The van der Waals surface area contributed by atoms with Gasteiger partial charge in [0.15, 0.2) is 11.6 Å². The highest BCUT2D eigenvalue weighted by molar-refractivity contribution is 6.06. The second kappa shape index (κ2) is 6.35. The van der Waals surface area contributed by atoms with E-state index in [4.69, 9.17) is 4.74 Å². The molecular formula is C16H15F2NO2. The summed E-state index contributed by atoms with van der Waals surface area (Å²) >= 11 is 0. The Morgan fingerprint density at radius 1 is 1.14 bits per heavy atom. The molecule has 2 aromatic rings. The molecule has 2 aromatic carbocycles. The average molecular weight is 291 g/mol. The third-order valence-corrected chi connectivity index (χ3v) is 3.09. The van der Waals surface area contributed by atoms with Crippen LogP contribution in [0.2, 0.25) is 0 Å². The number of benzene rings is 2. The Kier molecular flexibility index (Phi) is 4.52. The first-order valence-electron chi connectivity index (χ1n) is 6.47. The van der Waals surface area contributed by atoms with Crippen molar-refractivity contribution in [1.82, 2.24) is 0 Å². The molecule has 0 aliphatic carbocycles. The highest BCUT2D eigenvalue weighted by Gasteiger charge is 2.18. The van der Waals surface area contributed by atoms with Gasteiger partial charge in [0.2, 0.25) is 0 Å². The SMILES string of the molecule is CCN(C(=O)c1cccc(OC)c1)c1ccc(F)c(F)c1. The van der Waals surface area contributed by atoms with E-state index in [-0.39, 0.29) is 5.91 Å². The Balaban J connectivity index is 2.35. The van der Waals surface area contributed by atoms with E-state index in [0.29, 0.717) is 23.5 Å². The van der Waals surface area contributed by atoms with Crippen molar-refractivity contribution in [1.29, 1.82) is 0 Å². The summed E-state index contributed by atoms with van der Waals surface area (Å²) in [5.74, 6) is -1.67. The summed E-state index contributed by atoms with van der Waals surface area (Å²) < 4.78 is 31.4. The molecule has 0 aromatic heterocycles. The number of methoxy groups -OCH3 is 1. The number of amides is 1. The molecule has 1 amide bonds. The number of anilines is 1. The number of carbonyl (C=O) groups excluding carboxylic acids is 1. The fraction of sp³-hybridized carbons (Fsp3) is 0.188. The molecule has 0 bridgehead atoms. The molecule has 0 unspecified atom stereocenters. The fourth-order valence-corrected chi connectivity index (χ4v) is 2.01. The van der Waals surface area contributed by atoms with E-state index in [9.17, 15) is 13.6 Å². The van der Waals surface area contributed by atoms with Crippen LogP contribution in [-0.4, -0.2) is 19.6 Å². The minimum Gasteiger partial charge on any atom is -0.497 e. The lowest BCUT2D eigenvalue weighted by molar-refractivity contribution is 0.0988. The molecule has 110 valence electrons. The maximum absolute atomic E-state index is 13.3. The van der Waals surface area contributed by atoms with Gasteiger partial charge >= 0.3 is 0 Å². The molecule has 0 aliphatic rings. The number of ether oxygens (including phenoxy) is 1. The number of carbonyl (C=O) groups is 1. The molecule has 5 heteroatoms. The second-order valence-corrected chi connectivity index (χ2v) is 4.38. The third kappa shape index (κ3) is 3.18. The number of rotatable bonds is 4. The van der Waals surface area contributed by atoms with Crippen LogP contribution in [0.25, 0.3) is 0 Å². The quantitative estimate of drug-likeness (QED) is 0.860. The van der Waals surface area contributed by atoms with Crippen LogP contribution in [-0.2, 0) is 0 Å². The lowest BCUT2D eigenvalue weighted by Crippen LogP contribution is -2.30. The first-order chi connectivity index (χ1) is 10.1. The van der Waals surface area contributed by atoms with E-state index in [1.54, 1.807) is 31.2 Å². The predicted molar refractivity (Wildman–Crippen MR) is 76.7 cm³/mol. The zero-order valence-corrected chi connectivity index (χ0v) is 11.8. The standard InChI is InChI=1S/C16H15F2NO2/c1-3-19(12-7-8-14(17)15(18)10-12)16(20)11-5-4-6-13(9-11)21-2/h4-10H,3H2,1-2H3. The molecular weight excluding hydrogens is 276 g/mol. The average Bonchev–Trinajstić information content (AvgIpc) is 2.51. The van der Waals surface area contributed by atoms with E-state index < -0.39 is 11.6 Å². The Hall–Kier alpha value is -2.43. The summed E-state index contributed by atoms with van der Waals surface area (Å²) in [6.45, 7) is 2.10. The lowest BCUT2D eigenvalue weighted by atomic mass is 10.1. The van der Waals surface area contributed by atoms with Gasteiger partial charge in [-0.25, -0.2) is 8.78 Å². The minimum atomic E-state index is -0.982. The van der Waals surface area contributed by atoms with Gasteiger partial charge in [-0.1, -0.05) is 6.07 Å². The maximum atomic E-state index is 13.3. The van der Waals surface area contributed by atoms with Gasteiger partial charge in [0.1, 0.15) is 5.75 Å². The van der Waals surface area contributed by atoms with Gasteiger partial charge in [0.25, 0.3) is 5.91 Å². The van der Waals surface area contributed by atoms with Crippen molar-refractivity contribution in [3.63, 3.8) is 0 Å². The summed E-state index contributed by atoms with van der Waals surface area (Å²) in [4.78, 5) is 13.9. The van der Waals surface area contributed by atoms with Gasteiger partial charge in [0.05, 0.1) is 7.11 Å². The Morgan fingerprint density at radius 3 is 2.52 bits per heavy atom. The second-order valence-electron chi connectivity index (χ2n) is 4.38. The van der Waals surface area contributed by atoms with Gasteiger partial charge < -0.3 is 9.64 Å². The summed E-state index contributed by atoms with van der Waals surface area (Å²) in [6, 6.07) is 10.1. The Bertz CT molecular complexity index is 658. The third-order valence-electron chi connectivity index (χ3n) is 3.09.